The third kappa shape index (κ3) is 5.30. The van der Waals surface area contributed by atoms with Crippen molar-refractivity contribution in [1.82, 2.24) is 15.2 Å². The van der Waals surface area contributed by atoms with Gasteiger partial charge >= 0.3 is 0 Å². The number of nitrogens with zero attached hydrogens (tertiary/aromatic N) is 5. The molecule has 0 radical (unpaired) electrons. The lowest BCUT2D eigenvalue weighted by Crippen LogP contribution is -2.32. The molecule has 0 aliphatic rings. The lowest BCUT2D eigenvalue weighted by molar-refractivity contribution is -0.116. The summed E-state index contributed by atoms with van der Waals surface area (Å²) in [5.41, 5.74) is 4.29. The molecular weight excluding hydrogens is 469 g/mol. The van der Waals surface area contributed by atoms with Gasteiger partial charge in [0, 0.05) is 10.9 Å². The first-order valence-corrected chi connectivity index (χ1v) is 12.3. The zero-order chi connectivity index (χ0) is 24.1. The standard InChI is InChI=1S/C25H20FN5OS2/c1-16-17(2)29-30-24(21(16)12-27)33-15-23(32)31(13-18-6-4-3-5-7-18)25-28-22(14-34-25)19-8-10-20(26)11-9-19/h3-11,14H,13,15H2,1-2H3. The number of nitriles is 1. The predicted molar refractivity (Wildman–Crippen MR) is 132 cm³/mol. The summed E-state index contributed by atoms with van der Waals surface area (Å²) in [6, 6.07) is 17.9. The number of aromatic nitrogens is 3. The molecule has 170 valence electrons. The number of hydrogen-bond acceptors (Lipinski definition) is 7. The number of amides is 1. The largest absolute Gasteiger partial charge is 0.283 e. The molecule has 9 heteroatoms. The zero-order valence-electron chi connectivity index (χ0n) is 18.5. The molecule has 0 atom stereocenters. The number of hydrogen-bond donors (Lipinski definition) is 0. The van der Waals surface area contributed by atoms with Crippen LogP contribution in [-0.4, -0.2) is 26.8 Å². The van der Waals surface area contributed by atoms with Crippen molar-refractivity contribution < 1.29 is 9.18 Å². The Morgan fingerprint density at radius 1 is 1.12 bits per heavy atom. The summed E-state index contributed by atoms with van der Waals surface area (Å²) in [5.74, 6) is -0.412. The molecule has 4 rings (SSSR count). The van der Waals surface area contributed by atoms with Crippen LogP contribution >= 0.6 is 23.1 Å². The summed E-state index contributed by atoms with van der Waals surface area (Å²) >= 11 is 2.54. The minimum absolute atomic E-state index is 0.0736. The molecule has 0 saturated heterocycles. The Morgan fingerprint density at radius 3 is 2.56 bits per heavy atom. The summed E-state index contributed by atoms with van der Waals surface area (Å²) < 4.78 is 13.3. The average Bonchev–Trinajstić information content (AvgIpc) is 3.34. The predicted octanol–water partition coefficient (Wildman–Crippen LogP) is 5.55. The second kappa shape index (κ2) is 10.5. The highest BCUT2D eigenvalue weighted by atomic mass is 32.2. The van der Waals surface area contributed by atoms with Gasteiger partial charge in [0.15, 0.2) is 5.13 Å². The number of thioether (sulfide) groups is 1. The van der Waals surface area contributed by atoms with Gasteiger partial charge in [-0.05, 0) is 49.2 Å². The van der Waals surface area contributed by atoms with Crippen molar-refractivity contribution in [3.05, 3.63) is 88.2 Å². The van der Waals surface area contributed by atoms with Gasteiger partial charge in [-0.15, -0.1) is 16.4 Å². The molecule has 0 unspecified atom stereocenters. The number of anilines is 1. The number of halogens is 1. The van der Waals surface area contributed by atoms with E-state index in [1.54, 1.807) is 24.0 Å². The second-order valence-corrected chi connectivity index (χ2v) is 9.28. The van der Waals surface area contributed by atoms with E-state index in [1.165, 1.54) is 35.2 Å². The van der Waals surface area contributed by atoms with Gasteiger partial charge in [-0.2, -0.15) is 10.4 Å². The Bertz CT molecular complexity index is 1350. The van der Waals surface area contributed by atoms with Gasteiger partial charge < -0.3 is 0 Å². The van der Waals surface area contributed by atoms with Gasteiger partial charge in [0.05, 0.1) is 29.2 Å². The highest BCUT2D eigenvalue weighted by Crippen LogP contribution is 2.30. The Kier molecular flexibility index (Phi) is 7.30. The average molecular weight is 490 g/mol. The van der Waals surface area contributed by atoms with Crippen LogP contribution in [0.3, 0.4) is 0 Å². The number of carbonyl (C=O) groups is 1. The van der Waals surface area contributed by atoms with Gasteiger partial charge in [0.2, 0.25) is 5.91 Å². The van der Waals surface area contributed by atoms with E-state index < -0.39 is 0 Å². The molecule has 0 bridgehead atoms. The first-order valence-electron chi connectivity index (χ1n) is 10.4. The maximum Gasteiger partial charge on any atom is 0.239 e. The van der Waals surface area contributed by atoms with Crippen LogP contribution < -0.4 is 4.90 Å². The fourth-order valence-electron chi connectivity index (χ4n) is 3.20. The first kappa shape index (κ1) is 23.5. The van der Waals surface area contributed by atoms with E-state index in [4.69, 9.17) is 0 Å². The molecular formula is C25H20FN5OS2. The van der Waals surface area contributed by atoms with Crippen molar-refractivity contribution in [2.75, 3.05) is 10.7 Å². The van der Waals surface area contributed by atoms with Crippen LogP contribution in [0.25, 0.3) is 11.3 Å². The van der Waals surface area contributed by atoms with Crippen molar-refractivity contribution in [3.63, 3.8) is 0 Å². The molecule has 4 aromatic rings. The Hall–Kier alpha value is -3.61. The van der Waals surface area contributed by atoms with Crippen molar-refractivity contribution in [3.8, 4) is 17.3 Å². The maximum absolute atomic E-state index is 13.4. The molecule has 0 saturated carbocycles. The molecule has 2 aromatic heterocycles. The fraction of sp³-hybridized carbons (Fsp3) is 0.160. The summed E-state index contributed by atoms with van der Waals surface area (Å²) in [4.78, 5) is 19.6. The third-order valence-corrected chi connectivity index (χ3v) is 7.03. The topological polar surface area (TPSA) is 82.8 Å². The molecule has 0 aliphatic heterocycles. The molecule has 2 aromatic carbocycles. The summed E-state index contributed by atoms with van der Waals surface area (Å²) in [6.45, 7) is 3.97. The van der Waals surface area contributed by atoms with Crippen LogP contribution in [0, 0.1) is 31.0 Å². The van der Waals surface area contributed by atoms with Crippen LogP contribution in [0.1, 0.15) is 22.4 Å². The Balaban J connectivity index is 1.59. The molecule has 34 heavy (non-hydrogen) atoms. The second-order valence-electron chi connectivity index (χ2n) is 7.48. The number of rotatable bonds is 7. The highest BCUT2D eigenvalue weighted by Gasteiger charge is 2.22. The Labute approximate surface area is 205 Å². The van der Waals surface area contributed by atoms with Gasteiger partial charge in [-0.3, -0.25) is 9.69 Å². The number of carbonyl (C=O) groups excluding carboxylic acids is 1. The summed E-state index contributed by atoms with van der Waals surface area (Å²) in [6.07, 6.45) is 0. The van der Waals surface area contributed by atoms with Gasteiger partial charge in [-0.1, -0.05) is 42.1 Å². The van der Waals surface area contributed by atoms with Crippen molar-refractivity contribution in [2.45, 2.75) is 25.4 Å². The van der Waals surface area contributed by atoms with Crippen molar-refractivity contribution in [2.24, 2.45) is 0 Å². The van der Waals surface area contributed by atoms with Crippen LogP contribution in [0.15, 0.2) is 65.0 Å². The van der Waals surface area contributed by atoms with Crippen molar-refractivity contribution >= 4 is 34.1 Å². The Morgan fingerprint density at radius 2 is 1.85 bits per heavy atom. The van der Waals surface area contributed by atoms with E-state index >= 15 is 0 Å². The van der Waals surface area contributed by atoms with E-state index in [2.05, 4.69) is 21.3 Å². The maximum atomic E-state index is 13.4. The lowest BCUT2D eigenvalue weighted by atomic mass is 10.1. The summed E-state index contributed by atoms with van der Waals surface area (Å²) in [5, 5.41) is 20.6. The van der Waals surface area contributed by atoms with E-state index in [-0.39, 0.29) is 17.5 Å². The van der Waals surface area contributed by atoms with Crippen molar-refractivity contribution in [1.29, 1.82) is 5.26 Å². The molecule has 0 N–H and O–H groups in total. The highest BCUT2D eigenvalue weighted by molar-refractivity contribution is 8.00. The molecule has 1 amide bonds. The molecule has 0 aliphatic carbocycles. The molecule has 2 heterocycles. The summed E-state index contributed by atoms with van der Waals surface area (Å²) in [7, 11) is 0. The lowest BCUT2D eigenvalue weighted by Gasteiger charge is -2.20. The van der Waals surface area contributed by atoms with Gasteiger partial charge in [0.25, 0.3) is 0 Å². The van der Waals surface area contributed by atoms with Crippen LogP contribution in [-0.2, 0) is 11.3 Å². The third-order valence-electron chi connectivity index (χ3n) is 5.21. The fourth-order valence-corrected chi connectivity index (χ4v) is 4.91. The molecule has 0 fully saturated rings. The number of thiazole rings is 1. The van der Waals surface area contributed by atoms with Crippen LogP contribution in [0.2, 0.25) is 0 Å². The minimum atomic E-state index is -0.316. The zero-order valence-corrected chi connectivity index (χ0v) is 20.2. The first-order chi connectivity index (χ1) is 16.5. The van der Waals surface area contributed by atoms with Crippen LogP contribution in [0.4, 0.5) is 9.52 Å². The van der Waals surface area contributed by atoms with Gasteiger partial charge in [0.1, 0.15) is 16.9 Å². The smallest absolute Gasteiger partial charge is 0.239 e. The van der Waals surface area contributed by atoms with Gasteiger partial charge in [-0.25, -0.2) is 9.37 Å². The quantitative estimate of drug-likeness (QED) is 0.316. The minimum Gasteiger partial charge on any atom is -0.283 e. The SMILES string of the molecule is Cc1nnc(SCC(=O)N(Cc2ccccc2)c2nc(-c3ccc(F)cc3)cs2)c(C#N)c1C. The van der Waals surface area contributed by atoms with E-state index in [0.717, 1.165) is 16.7 Å². The van der Waals surface area contributed by atoms with E-state index in [9.17, 15) is 14.4 Å². The normalized spacial score (nSPS) is 10.6. The molecule has 6 nitrogen and oxygen atoms in total. The van der Waals surface area contributed by atoms with E-state index in [0.29, 0.717) is 33.7 Å². The number of benzene rings is 2. The number of aryl methyl sites for hydroxylation is 1. The monoisotopic (exact) mass is 489 g/mol. The van der Waals surface area contributed by atoms with Crippen LogP contribution in [0.5, 0.6) is 0 Å². The molecule has 0 spiro atoms. The van der Waals surface area contributed by atoms with E-state index in [1.807, 2.05) is 42.6 Å².